The monoisotopic (exact) mass is 361 g/mol. The van der Waals surface area contributed by atoms with Crippen molar-refractivity contribution in [3.8, 4) is 5.75 Å². The molecule has 7 heteroatoms. The molecule has 2 aliphatic rings. The topological polar surface area (TPSA) is 57.2 Å². The van der Waals surface area contributed by atoms with Crippen LogP contribution in [-0.2, 0) is 14.0 Å². The lowest BCUT2D eigenvalue weighted by Crippen LogP contribution is -2.43. The van der Waals surface area contributed by atoms with Gasteiger partial charge in [-0.3, -0.25) is 4.90 Å². The molecule has 6 nitrogen and oxygen atoms in total. The summed E-state index contributed by atoms with van der Waals surface area (Å²) in [6, 6.07) is 5.68. The van der Waals surface area contributed by atoms with Crippen LogP contribution in [0.2, 0.25) is 0 Å². The predicted molar refractivity (Wildman–Crippen MR) is 101 cm³/mol. The molecule has 1 fully saturated rings. The van der Waals surface area contributed by atoms with E-state index in [2.05, 4.69) is 6.92 Å². The molecule has 0 radical (unpaired) electrons. The molecule has 0 bridgehead atoms. The first-order chi connectivity index (χ1) is 12.3. The number of benzene rings is 1. The van der Waals surface area contributed by atoms with Gasteiger partial charge in [-0.2, -0.15) is 0 Å². The van der Waals surface area contributed by atoms with Gasteiger partial charge in [0.05, 0.1) is 30.0 Å². The number of anilines is 1. The van der Waals surface area contributed by atoms with Crippen LogP contribution in [-0.4, -0.2) is 44.2 Å². The largest absolute Gasteiger partial charge is 0.498 e. The van der Waals surface area contributed by atoms with Crippen molar-refractivity contribution in [2.45, 2.75) is 58.7 Å². The van der Waals surface area contributed by atoms with Gasteiger partial charge < -0.3 is 18.8 Å². The number of fused-ring (bicyclic) bond motifs is 1. The lowest BCUT2D eigenvalue weighted by Gasteiger charge is -2.32. The quantitative estimate of drug-likeness (QED) is 0.609. The van der Waals surface area contributed by atoms with Gasteiger partial charge in [0.1, 0.15) is 12.4 Å². The highest BCUT2D eigenvalue weighted by molar-refractivity contribution is 6.63. The Morgan fingerprint density at radius 1 is 1.23 bits per heavy atom. The molecular formula is C19H28BNO5. The maximum Gasteiger partial charge on any atom is 0.498 e. The summed E-state index contributed by atoms with van der Waals surface area (Å²) in [5.74, 6) is 0.629. The summed E-state index contributed by atoms with van der Waals surface area (Å²) in [5, 5.41) is 0. The summed E-state index contributed by atoms with van der Waals surface area (Å²) in [4.78, 5) is 14.1. The van der Waals surface area contributed by atoms with Crippen molar-refractivity contribution in [2.24, 2.45) is 0 Å². The molecule has 142 valence electrons. The molecule has 1 aromatic rings. The second kappa shape index (κ2) is 7.12. The predicted octanol–water partition coefficient (Wildman–Crippen LogP) is 3.12. The van der Waals surface area contributed by atoms with Crippen molar-refractivity contribution >= 4 is 24.4 Å². The van der Waals surface area contributed by atoms with E-state index in [4.69, 9.17) is 18.8 Å². The number of carbonyl (C=O) groups excluding carboxylic acids is 1. The Bertz CT molecular complexity index is 660. The van der Waals surface area contributed by atoms with E-state index >= 15 is 0 Å². The highest BCUT2D eigenvalue weighted by Gasteiger charge is 2.53. The van der Waals surface area contributed by atoms with Crippen LogP contribution >= 0.6 is 0 Å². The van der Waals surface area contributed by atoms with E-state index in [1.807, 2.05) is 45.9 Å². The molecule has 0 saturated carbocycles. The maximum atomic E-state index is 12.5. The Balaban J connectivity index is 1.86. The Hall–Kier alpha value is -1.73. The molecule has 0 aromatic heterocycles. The standard InChI is InChI=1S/C19H28BNO5/c1-6-7-12-24-17(22)21-11-13-23-16-14(9-8-10-15(16)21)20-25-18(2,3)19(4,5)26-20/h8-10H,6-7,11-13H2,1-5H3. The molecule has 1 saturated heterocycles. The van der Waals surface area contributed by atoms with Crippen LogP contribution in [0.4, 0.5) is 10.5 Å². The van der Waals surface area contributed by atoms with E-state index in [0.717, 1.165) is 18.3 Å². The molecule has 2 heterocycles. The minimum Gasteiger partial charge on any atom is -0.490 e. The fourth-order valence-corrected chi connectivity index (χ4v) is 3.00. The molecule has 0 unspecified atom stereocenters. The van der Waals surface area contributed by atoms with Gasteiger partial charge in [0.25, 0.3) is 0 Å². The first kappa shape index (κ1) is 19.0. The van der Waals surface area contributed by atoms with Crippen molar-refractivity contribution in [1.82, 2.24) is 0 Å². The van der Waals surface area contributed by atoms with Crippen LogP contribution in [0.3, 0.4) is 0 Å². The van der Waals surface area contributed by atoms with Crippen molar-refractivity contribution < 1.29 is 23.6 Å². The van der Waals surface area contributed by atoms with Gasteiger partial charge in [-0.15, -0.1) is 0 Å². The van der Waals surface area contributed by atoms with E-state index in [1.165, 1.54) is 0 Å². The summed E-state index contributed by atoms with van der Waals surface area (Å²) in [7, 11) is -0.536. The lowest BCUT2D eigenvalue weighted by atomic mass is 9.77. The smallest absolute Gasteiger partial charge is 0.490 e. The molecule has 1 aromatic carbocycles. The first-order valence-corrected chi connectivity index (χ1v) is 9.32. The third-order valence-corrected chi connectivity index (χ3v) is 5.33. The normalized spacial score (nSPS) is 20.5. The lowest BCUT2D eigenvalue weighted by molar-refractivity contribution is 0.00578. The van der Waals surface area contributed by atoms with Gasteiger partial charge >= 0.3 is 13.2 Å². The molecule has 0 spiro atoms. The average molecular weight is 361 g/mol. The Kier molecular flexibility index (Phi) is 5.22. The van der Waals surface area contributed by atoms with Crippen molar-refractivity contribution in [3.05, 3.63) is 18.2 Å². The molecule has 0 aliphatic carbocycles. The highest BCUT2D eigenvalue weighted by Crippen LogP contribution is 2.39. The van der Waals surface area contributed by atoms with Crippen LogP contribution < -0.4 is 15.1 Å². The van der Waals surface area contributed by atoms with Crippen LogP contribution in [0, 0.1) is 0 Å². The van der Waals surface area contributed by atoms with Gasteiger partial charge in [-0.1, -0.05) is 25.5 Å². The Morgan fingerprint density at radius 2 is 1.92 bits per heavy atom. The van der Waals surface area contributed by atoms with E-state index in [9.17, 15) is 4.79 Å². The number of nitrogens with zero attached hydrogens (tertiary/aromatic N) is 1. The second-order valence-corrected chi connectivity index (χ2v) is 7.75. The van der Waals surface area contributed by atoms with E-state index in [1.54, 1.807) is 4.90 Å². The van der Waals surface area contributed by atoms with E-state index in [-0.39, 0.29) is 6.09 Å². The van der Waals surface area contributed by atoms with Crippen molar-refractivity contribution in [2.75, 3.05) is 24.7 Å². The van der Waals surface area contributed by atoms with E-state index in [0.29, 0.717) is 31.2 Å². The molecule has 3 rings (SSSR count). The van der Waals surface area contributed by atoms with Crippen LogP contribution in [0.5, 0.6) is 5.75 Å². The zero-order valence-electron chi connectivity index (χ0n) is 16.3. The van der Waals surface area contributed by atoms with Gasteiger partial charge in [0.2, 0.25) is 0 Å². The third kappa shape index (κ3) is 3.42. The molecule has 0 N–H and O–H groups in total. The maximum absolute atomic E-state index is 12.5. The Labute approximate surface area is 155 Å². The van der Waals surface area contributed by atoms with Gasteiger partial charge in [0.15, 0.2) is 0 Å². The zero-order valence-corrected chi connectivity index (χ0v) is 16.3. The fourth-order valence-electron chi connectivity index (χ4n) is 3.00. The number of ether oxygens (including phenoxy) is 2. The minimum absolute atomic E-state index is 0.339. The van der Waals surface area contributed by atoms with Crippen molar-refractivity contribution in [3.63, 3.8) is 0 Å². The van der Waals surface area contributed by atoms with Crippen LogP contribution in [0.1, 0.15) is 47.5 Å². The summed E-state index contributed by atoms with van der Waals surface area (Å²) in [6.45, 7) is 11.4. The third-order valence-electron chi connectivity index (χ3n) is 5.33. The van der Waals surface area contributed by atoms with Gasteiger partial charge in [-0.05, 0) is 40.2 Å². The highest BCUT2D eigenvalue weighted by atomic mass is 16.7. The average Bonchev–Trinajstić information content (AvgIpc) is 2.81. The summed E-state index contributed by atoms with van der Waals surface area (Å²) < 4.78 is 23.6. The van der Waals surface area contributed by atoms with Crippen molar-refractivity contribution in [1.29, 1.82) is 0 Å². The SMILES string of the molecule is CCCCOC(=O)N1CCOc2c(B3OC(C)(C)C(C)(C)O3)cccc21. The number of para-hydroxylation sites is 1. The summed E-state index contributed by atoms with van der Waals surface area (Å²) in [5.41, 5.74) is 0.624. The number of hydrogen-bond donors (Lipinski definition) is 0. The van der Waals surface area contributed by atoms with Gasteiger partial charge in [-0.25, -0.2) is 4.79 Å². The number of rotatable bonds is 4. The second-order valence-electron chi connectivity index (χ2n) is 7.75. The number of unbranched alkanes of at least 4 members (excludes halogenated alkanes) is 1. The zero-order chi connectivity index (χ0) is 18.9. The first-order valence-electron chi connectivity index (χ1n) is 9.32. The van der Waals surface area contributed by atoms with Crippen LogP contribution in [0.15, 0.2) is 18.2 Å². The number of hydrogen-bond acceptors (Lipinski definition) is 5. The summed E-state index contributed by atoms with van der Waals surface area (Å²) >= 11 is 0. The molecule has 26 heavy (non-hydrogen) atoms. The Morgan fingerprint density at radius 3 is 2.58 bits per heavy atom. The minimum atomic E-state index is -0.536. The summed E-state index contributed by atoms with van der Waals surface area (Å²) in [6.07, 6.45) is 1.50. The molecule has 2 aliphatic heterocycles. The van der Waals surface area contributed by atoms with E-state index < -0.39 is 18.3 Å². The fraction of sp³-hybridized carbons (Fsp3) is 0.632. The molecule has 0 atom stereocenters. The molecule has 1 amide bonds. The molecular weight excluding hydrogens is 333 g/mol. The van der Waals surface area contributed by atoms with Crippen LogP contribution in [0.25, 0.3) is 0 Å². The number of carbonyl (C=O) groups is 1. The van der Waals surface area contributed by atoms with Gasteiger partial charge in [0, 0.05) is 5.46 Å². The number of amides is 1.